The molecule has 3 rings (SSSR count). The highest BCUT2D eigenvalue weighted by Crippen LogP contribution is 2.25. The largest absolute Gasteiger partial charge is 0.378 e. The van der Waals surface area contributed by atoms with Crippen LogP contribution in [0.3, 0.4) is 0 Å². The first kappa shape index (κ1) is 16.6. The molecule has 8 nitrogen and oxygen atoms in total. The van der Waals surface area contributed by atoms with Crippen LogP contribution in [0.2, 0.25) is 0 Å². The summed E-state index contributed by atoms with van der Waals surface area (Å²) in [4.78, 5) is 36.3. The topological polar surface area (TPSA) is 108 Å². The lowest BCUT2D eigenvalue weighted by atomic mass is 10.2. The summed E-state index contributed by atoms with van der Waals surface area (Å²) in [7, 11) is 3.87. The molecular formula is C17H18N6O2. The van der Waals surface area contributed by atoms with Gasteiger partial charge in [-0.1, -0.05) is 0 Å². The van der Waals surface area contributed by atoms with Crippen molar-refractivity contribution in [1.82, 2.24) is 19.5 Å². The molecule has 0 saturated carbocycles. The van der Waals surface area contributed by atoms with Crippen LogP contribution in [0.1, 0.15) is 19.3 Å². The van der Waals surface area contributed by atoms with Crippen molar-refractivity contribution in [1.29, 1.82) is 5.26 Å². The Kier molecular flexibility index (Phi) is 4.48. The predicted octanol–water partition coefficient (Wildman–Crippen LogP) is 1.34. The van der Waals surface area contributed by atoms with E-state index < -0.39 is 11.2 Å². The van der Waals surface area contributed by atoms with Crippen molar-refractivity contribution in [3.8, 4) is 17.6 Å². The second kappa shape index (κ2) is 6.73. The summed E-state index contributed by atoms with van der Waals surface area (Å²) in [5.74, 6) is 0.272. The Hall–Kier alpha value is -3.21. The van der Waals surface area contributed by atoms with E-state index in [1.54, 1.807) is 0 Å². The van der Waals surface area contributed by atoms with Gasteiger partial charge in [0.05, 0.1) is 17.1 Å². The smallest absolute Gasteiger partial charge is 0.349 e. The molecule has 128 valence electrons. The number of unbranched alkanes of at least 4 members (excludes halogenated alkanes) is 2. The standard InChI is InChI=1S/C17H18N6O2/c1-22(2)11-6-7-12-13(10-11)23(9-5-3-4-8-18)15-14(19-12)16(24)21-17(25)20-15/h6-7,10H,3-5,9H2,1-2H3,(H,21,24,25). The second-order valence-corrected chi connectivity index (χ2v) is 5.99. The summed E-state index contributed by atoms with van der Waals surface area (Å²) in [6.07, 6.45) is 1.93. The summed E-state index contributed by atoms with van der Waals surface area (Å²) in [5.41, 5.74) is 1.35. The van der Waals surface area contributed by atoms with Gasteiger partial charge in [-0.05, 0) is 31.0 Å². The van der Waals surface area contributed by atoms with Gasteiger partial charge in [0, 0.05) is 32.7 Å². The number of nitrogens with one attached hydrogen (secondary N) is 1. The van der Waals surface area contributed by atoms with Crippen molar-refractivity contribution in [2.45, 2.75) is 25.8 Å². The first-order valence-corrected chi connectivity index (χ1v) is 8.00. The van der Waals surface area contributed by atoms with Gasteiger partial charge in [0.1, 0.15) is 0 Å². The van der Waals surface area contributed by atoms with Gasteiger partial charge >= 0.3 is 5.69 Å². The Labute approximate surface area is 143 Å². The Balaban J connectivity index is 2.26. The fourth-order valence-electron chi connectivity index (χ4n) is 2.76. The zero-order valence-electron chi connectivity index (χ0n) is 14.1. The fraction of sp³-hybridized carbons (Fsp3) is 0.353. The van der Waals surface area contributed by atoms with Gasteiger partial charge in [-0.15, -0.1) is 0 Å². The number of benzene rings is 1. The first-order chi connectivity index (χ1) is 12.0. The molecule has 25 heavy (non-hydrogen) atoms. The molecule has 0 atom stereocenters. The van der Waals surface area contributed by atoms with Crippen LogP contribution in [0.25, 0.3) is 22.6 Å². The predicted molar refractivity (Wildman–Crippen MR) is 94.8 cm³/mol. The lowest BCUT2D eigenvalue weighted by molar-refractivity contribution is 0.622. The third-order valence-corrected chi connectivity index (χ3v) is 4.03. The van der Waals surface area contributed by atoms with Gasteiger partial charge in [0.2, 0.25) is 0 Å². The van der Waals surface area contributed by atoms with Crippen LogP contribution in [0.5, 0.6) is 0 Å². The van der Waals surface area contributed by atoms with Crippen LogP contribution in [0, 0.1) is 11.3 Å². The minimum Gasteiger partial charge on any atom is -0.378 e. The van der Waals surface area contributed by atoms with Gasteiger partial charge in [0.25, 0.3) is 5.56 Å². The third kappa shape index (κ3) is 3.21. The van der Waals surface area contributed by atoms with E-state index in [2.05, 4.69) is 21.0 Å². The van der Waals surface area contributed by atoms with E-state index in [4.69, 9.17) is 5.26 Å². The van der Waals surface area contributed by atoms with Gasteiger partial charge < -0.3 is 9.47 Å². The van der Waals surface area contributed by atoms with Crippen molar-refractivity contribution in [3.05, 3.63) is 39.0 Å². The van der Waals surface area contributed by atoms with Gasteiger partial charge in [0.15, 0.2) is 11.5 Å². The molecule has 2 heterocycles. The molecule has 1 aromatic carbocycles. The molecule has 0 bridgehead atoms. The van der Waals surface area contributed by atoms with Crippen LogP contribution >= 0.6 is 0 Å². The van der Waals surface area contributed by atoms with Crippen molar-refractivity contribution in [3.63, 3.8) is 0 Å². The maximum atomic E-state index is 12.1. The van der Waals surface area contributed by atoms with E-state index >= 15 is 0 Å². The number of H-pyrrole nitrogens is 1. The highest BCUT2D eigenvalue weighted by atomic mass is 16.2. The SMILES string of the molecule is CN(C)c1ccc2nc3c(=O)[nH]c(=O)nc-3n(CCCCC#N)c2c1. The zero-order chi connectivity index (χ0) is 18.0. The van der Waals surface area contributed by atoms with Crippen LogP contribution < -0.4 is 16.1 Å². The molecule has 0 aromatic heterocycles. The summed E-state index contributed by atoms with van der Waals surface area (Å²) < 4.78 is 1.85. The van der Waals surface area contributed by atoms with Crippen molar-refractivity contribution >= 4 is 16.7 Å². The molecule has 0 fully saturated rings. The van der Waals surface area contributed by atoms with Crippen molar-refractivity contribution in [2.24, 2.45) is 0 Å². The molecule has 0 unspecified atom stereocenters. The lowest BCUT2D eigenvalue weighted by Gasteiger charge is -2.19. The highest BCUT2D eigenvalue weighted by Gasteiger charge is 2.18. The average molecular weight is 338 g/mol. The van der Waals surface area contributed by atoms with Crippen LogP contribution in [-0.2, 0) is 6.54 Å². The summed E-state index contributed by atoms with van der Waals surface area (Å²) >= 11 is 0. The van der Waals surface area contributed by atoms with Crippen LogP contribution in [0.4, 0.5) is 5.69 Å². The maximum Gasteiger partial charge on any atom is 0.349 e. The minimum atomic E-state index is -0.687. The third-order valence-electron chi connectivity index (χ3n) is 4.03. The number of hydrogen-bond acceptors (Lipinski definition) is 6. The quantitative estimate of drug-likeness (QED) is 0.556. The van der Waals surface area contributed by atoms with E-state index in [0.717, 1.165) is 24.0 Å². The number of nitriles is 1. The number of nitrogens with zero attached hydrogens (tertiary/aromatic N) is 5. The van der Waals surface area contributed by atoms with Gasteiger partial charge in [-0.3, -0.25) is 9.78 Å². The van der Waals surface area contributed by atoms with Gasteiger partial charge in [-0.25, -0.2) is 9.78 Å². The average Bonchev–Trinajstić information content (AvgIpc) is 2.58. The first-order valence-electron chi connectivity index (χ1n) is 8.00. The fourth-order valence-corrected chi connectivity index (χ4v) is 2.76. The van der Waals surface area contributed by atoms with E-state index in [1.807, 2.05) is 41.8 Å². The minimum absolute atomic E-state index is 0.144. The Morgan fingerprint density at radius 1 is 1.24 bits per heavy atom. The maximum absolute atomic E-state index is 12.1. The van der Waals surface area contributed by atoms with Crippen LogP contribution in [0.15, 0.2) is 27.8 Å². The molecule has 1 aromatic rings. The molecule has 1 N–H and O–H groups in total. The summed E-state index contributed by atoms with van der Waals surface area (Å²) in [5, 5.41) is 8.71. The highest BCUT2D eigenvalue weighted by molar-refractivity contribution is 5.82. The Morgan fingerprint density at radius 2 is 2.04 bits per heavy atom. The molecule has 0 spiro atoms. The summed E-state index contributed by atoms with van der Waals surface area (Å²) in [6.45, 7) is 0.546. The molecule has 0 amide bonds. The number of aromatic nitrogens is 4. The van der Waals surface area contributed by atoms with E-state index in [-0.39, 0.29) is 11.5 Å². The molecular weight excluding hydrogens is 320 g/mol. The number of rotatable bonds is 5. The van der Waals surface area contributed by atoms with Gasteiger partial charge in [-0.2, -0.15) is 10.2 Å². The number of fused-ring (bicyclic) bond motifs is 2. The normalized spacial score (nSPS) is 10.9. The molecule has 0 aliphatic carbocycles. The van der Waals surface area contributed by atoms with E-state index in [0.29, 0.717) is 18.5 Å². The van der Waals surface area contributed by atoms with E-state index in [1.165, 1.54) is 0 Å². The zero-order valence-corrected chi connectivity index (χ0v) is 14.1. The lowest BCUT2D eigenvalue weighted by Crippen LogP contribution is -2.29. The Morgan fingerprint density at radius 3 is 2.76 bits per heavy atom. The Bertz CT molecular complexity index is 1040. The second-order valence-electron chi connectivity index (χ2n) is 5.99. The van der Waals surface area contributed by atoms with Crippen molar-refractivity contribution < 1.29 is 0 Å². The number of aromatic amines is 1. The molecule has 2 aliphatic heterocycles. The number of anilines is 1. The molecule has 0 saturated heterocycles. The summed E-state index contributed by atoms with van der Waals surface area (Å²) in [6, 6.07) is 7.85. The molecule has 2 aliphatic rings. The van der Waals surface area contributed by atoms with Crippen molar-refractivity contribution in [2.75, 3.05) is 19.0 Å². The molecule has 8 heteroatoms. The van der Waals surface area contributed by atoms with E-state index in [9.17, 15) is 9.59 Å². The monoisotopic (exact) mass is 338 g/mol. The number of hydrogen-bond donors (Lipinski definition) is 1. The number of aryl methyl sites for hydroxylation is 1. The molecule has 0 radical (unpaired) electrons. The van der Waals surface area contributed by atoms with Crippen LogP contribution in [-0.4, -0.2) is 33.6 Å².